The van der Waals surface area contributed by atoms with Gasteiger partial charge in [0.15, 0.2) is 11.5 Å². The number of carbonyl (C=O) groups excluding carboxylic acids is 1. The molecule has 0 saturated carbocycles. The van der Waals surface area contributed by atoms with Gasteiger partial charge in [0, 0.05) is 6.42 Å². The van der Waals surface area contributed by atoms with Crippen LogP contribution in [0.3, 0.4) is 0 Å². The van der Waals surface area contributed by atoms with Crippen molar-refractivity contribution in [3.63, 3.8) is 0 Å². The zero-order valence-corrected chi connectivity index (χ0v) is 15.3. The van der Waals surface area contributed by atoms with Gasteiger partial charge in [0.2, 0.25) is 12.7 Å². The maximum Gasteiger partial charge on any atom is 0.437 e. The van der Waals surface area contributed by atoms with Gasteiger partial charge in [0.25, 0.3) is 5.89 Å². The number of carbonyl (C=O) groups is 1. The molecule has 27 heavy (non-hydrogen) atoms. The Morgan fingerprint density at radius 3 is 3.00 bits per heavy atom. The molecule has 0 fully saturated rings. The predicted octanol–water partition coefficient (Wildman–Crippen LogP) is 2.56. The molecule has 9 heteroatoms. The Hall–Kier alpha value is -3.07. The second-order valence-corrected chi connectivity index (χ2v) is 6.97. The lowest BCUT2D eigenvalue weighted by molar-refractivity contribution is -0.122. The van der Waals surface area contributed by atoms with Crippen LogP contribution in [0.25, 0.3) is 10.8 Å². The largest absolute Gasteiger partial charge is 0.454 e. The van der Waals surface area contributed by atoms with E-state index in [1.54, 1.807) is 0 Å². The Labute approximate surface area is 158 Å². The number of ether oxygens (including phenoxy) is 2. The average molecular weight is 387 g/mol. The number of hydrogen-bond acceptors (Lipinski definition) is 7. The Balaban J connectivity index is 1.35. The summed E-state index contributed by atoms with van der Waals surface area (Å²) in [5.74, 6) is 0.875. The van der Waals surface area contributed by atoms with E-state index < -0.39 is 5.76 Å². The van der Waals surface area contributed by atoms with Gasteiger partial charge in [0.1, 0.15) is 0 Å². The van der Waals surface area contributed by atoms with E-state index >= 15 is 0 Å². The molecule has 1 aliphatic rings. The summed E-state index contributed by atoms with van der Waals surface area (Å²) in [4.78, 5) is 24.9. The van der Waals surface area contributed by atoms with Crippen LogP contribution in [0.2, 0.25) is 0 Å². The first-order valence-corrected chi connectivity index (χ1v) is 9.29. The minimum Gasteiger partial charge on any atom is -0.454 e. The summed E-state index contributed by atoms with van der Waals surface area (Å²) in [6, 6.07) is 9.02. The molecule has 1 aromatic carbocycles. The van der Waals surface area contributed by atoms with E-state index in [1.165, 1.54) is 16.0 Å². The van der Waals surface area contributed by atoms with Crippen LogP contribution >= 0.6 is 11.3 Å². The molecule has 1 amide bonds. The molecule has 0 spiro atoms. The van der Waals surface area contributed by atoms with Crippen molar-refractivity contribution in [2.45, 2.75) is 25.9 Å². The van der Waals surface area contributed by atoms with Gasteiger partial charge in [-0.2, -0.15) is 4.68 Å². The Bertz CT molecular complexity index is 1010. The average Bonchev–Trinajstić information content (AvgIpc) is 3.40. The lowest BCUT2D eigenvalue weighted by Crippen LogP contribution is -2.28. The lowest BCUT2D eigenvalue weighted by atomic mass is 10.1. The summed E-state index contributed by atoms with van der Waals surface area (Å²) < 4.78 is 16.9. The molecule has 140 valence electrons. The van der Waals surface area contributed by atoms with Crippen molar-refractivity contribution in [1.82, 2.24) is 15.1 Å². The zero-order chi connectivity index (χ0) is 18.8. The molecule has 0 radical (unpaired) electrons. The fraction of sp³-hybridized carbons (Fsp3) is 0.278. The normalized spacial score (nSPS) is 13.5. The molecular formula is C18H17N3O5S. The van der Waals surface area contributed by atoms with E-state index in [9.17, 15) is 9.59 Å². The fourth-order valence-corrected chi connectivity index (χ4v) is 3.38. The second kappa shape index (κ2) is 7.28. The quantitative estimate of drug-likeness (QED) is 0.698. The number of aromatic nitrogens is 2. The molecule has 1 atom stereocenters. The molecule has 0 saturated heterocycles. The molecule has 1 N–H and O–H groups in total. The molecule has 0 bridgehead atoms. The van der Waals surface area contributed by atoms with Gasteiger partial charge in [-0.05, 0) is 36.1 Å². The number of thiophene rings is 1. The van der Waals surface area contributed by atoms with Crippen LogP contribution in [0.4, 0.5) is 0 Å². The van der Waals surface area contributed by atoms with Gasteiger partial charge < -0.3 is 19.2 Å². The van der Waals surface area contributed by atoms with E-state index in [0.717, 1.165) is 10.4 Å². The van der Waals surface area contributed by atoms with E-state index in [0.29, 0.717) is 11.5 Å². The van der Waals surface area contributed by atoms with Crippen molar-refractivity contribution in [2.24, 2.45) is 0 Å². The summed E-state index contributed by atoms with van der Waals surface area (Å²) in [6.07, 6.45) is 0.116. The maximum absolute atomic E-state index is 12.2. The van der Waals surface area contributed by atoms with E-state index in [1.807, 2.05) is 42.6 Å². The van der Waals surface area contributed by atoms with E-state index in [2.05, 4.69) is 10.4 Å². The van der Waals surface area contributed by atoms with E-state index in [4.69, 9.17) is 13.9 Å². The highest BCUT2D eigenvalue weighted by molar-refractivity contribution is 7.13. The monoisotopic (exact) mass is 387 g/mol. The molecule has 2 aromatic heterocycles. The van der Waals surface area contributed by atoms with Crippen LogP contribution in [0.1, 0.15) is 24.9 Å². The highest BCUT2D eigenvalue weighted by Crippen LogP contribution is 2.34. The van der Waals surface area contributed by atoms with Crippen LogP contribution in [0.5, 0.6) is 11.5 Å². The molecule has 0 unspecified atom stereocenters. The van der Waals surface area contributed by atoms with Crippen LogP contribution in [-0.4, -0.2) is 22.5 Å². The highest BCUT2D eigenvalue weighted by Gasteiger charge is 2.17. The zero-order valence-electron chi connectivity index (χ0n) is 14.5. The van der Waals surface area contributed by atoms with Crippen molar-refractivity contribution in [3.05, 3.63) is 51.8 Å². The first kappa shape index (κ1) is 17.3. The van der Waals surface area contributed by atoms with Gasteiger partial charge in [-0.25, -0.2) is 4.79 Å². The van der Waals surface area contributed by atoms with Crippen molar-refractivity contribution in [2.75, 3.05) is 6.79 Å². The van der Waals surface area contributed by atoms with Gasteiger partial charge in [-0.1, -0.05) is 12.1 Å². The first-order valence-electron chi connectivity index (χ1n) is 8.41. The smallest absolute Gasteiger partial charge is 0.437 e. The molecule has 4 rings (SSSR count). The molecule has 0 aliphatic carbocycles. The van der Waals surface area contributed by atoms with Crippen LogP contribution in [0, 0.1) is 0 Å². The molecule has 8 nitrogen and oxygen atoms in total. The van der Waals surface area contributed by atoms with Gasteiger partial charge >= 0.3 is 5.76 Å². The third-order valence-electron chi connectivity index (χ3n) is 4.16. The minimum absolute atomic E-state index is 0.116. The predicted molar refractivity (Wildman–Crippen MR) is 97.8 cm³/mol. The summed E-state index contributed by atoms with van der Waals surface area (Å²) in [5.41, 5.74) is 0.909. The Morgan fingerprint density at radius 1 is 1.33 bits per heavy atom. The lowest BCUT2D eigenvalue weighted by Gasteiger charge is -2.14. The first-order chi connectivity index (χ1) is 13.1. The van der Waals surface area contributed by atoms with Crippen LogP contribution in [0.15, 0.2) is 44.9 Å². The van der Waals surface area contributed by atoms with Gasteiger partial charge in [-0.15, -0.1) is 16.4 Å². The second-order valence-electron chi connectivity index (χ2n) is 6.03. The van der Waals surface area contributed by atoms with Gasteiger partial charge in [-0.3, -0.25) is 4.79 Å². The SMILES string of the molecule is C[C@H](NC(=O)CCn1nc(-c2cccs2)oc1=O)c1ccc2c(c1)OCO2. The van der Waals surface area contributed by atoms with Crippen molar-refractivity contribution in [3.8, 4) is 22.3 Å². The Kier molecular flexibility index (Phi) is 4.68. The third-order valence-corrected chi connectivity index (χ3v) is 5.02. The summed E-state index contributed by atoms with van der Waals surface area (Å²) in [7, 11) is 0. The number of fused-ring (bicyclic) bond motifs is 1. The highest BCUT2D eigenvalue weighted by atomic mass is 32.1. The number of benzene rings is 1. The molecule has 3 heterocycles. The number of nitrogens with one attached hydrogen (secondary N) is 1. The summed E-state index contributed by atoms with van der Waals surface area (Å²) in [5, 5.41) is 8.92. The molecule has 3 aromatic rings. The van der Waals surface area contributed by atoms with Crippen molar-refractivity contribution in [1.29, 1.82) is 0 Å². The number of aryl methyl sites for hydroxylation is 1. The number of rotatable bonds is 6. The van der Waals surface area contributed by atoms with Gasteiger partial charge in [0.05, 0.1) is 17.5 Å². The van der Waals surface area contributed by atoms with Crippen LogP contribution in [-0.2, 0) is 11.3 Å². The summed E-state index contributed by atoms with van der Waals surface area (Å²) in [6.45, 7) is 2.24. The third kappa shape index (κ3) is 3.72. The van der Waals surface area contributed by atoms with Crippen LogP contribution < -0.4 is 20.5 Å². The molecular weight excluding hydrogens is 370 g/mol. The summed E-state index contributed by atoms with van der Waals surface area (Å²) >= 11 is 1.43. The molecule has 1 aliphatic heterocycles. The number of amides is 1. The maximum atomic E-state index is 12.2. The van der Waals surface area contributed by atoms with Crippen molar-refractivity contribution >= 4 is 17.2 Å². The minimum atomic E-state index is -0.574. The standard InChI is InChI=1S/C18H17N3O5S/c1-11(12-4-5-13-14(9-12)25-10-24-13)19-16(22)6-7-21-18(23)26-17(20-21)15-3-2-8-27-15/h2-5,8-9,11H,6-7,10H2,1H3,(H,19,22)/t11-/m0/s1. The Morgan fingerprint density at radius 2 is 2.19 bits per heavy atom. The van der Waals surface area contributed by atoms with Crippen molar-refractivity contribution < 1.29 is 18.7 Å². The fourth-order valence-electron chi connectivity index (χ4n) is 2.73. The number of nitrogens with zero attached hydrogens (tertiary/aromatic N) is 2. The number of hydrogen-bond donors (Lipinski definition) is 1. The van der Waals surface area contributed by atoms with E-state index in [-0.39, 0.29) is 37.6 Å². The topological polar surface area (TPSA) is 95.6 Å².